The summed E-state index contributed by atoms with van der Waals surface area (Å²) in [4.78, 5) is 73.9. The van der Waals surface area contributed by atoms with Gasteiger partial charge in [-0.1, -0.05) is 72.4 Å². The van der Waals surface area contributed by atoms with Gasteiger partial charge in [-0.15, -0.1) is 0 Å². The number of carbonyl (C=O) groups is 6. The summed E-state index contributed by atoms with van der Waals surface area (Å²) >= 11 is 0. The molecule has 0 saturated carbocycles. The van der Waals surface area contributed by atoms with E-state index in [9.17, 15) is 33.9 Å². The molecule has 0 aromatic carbocycles. The number of aliphatic carboxylic acids is 1. The van der Waals surface area contributed by atoms with Gasteiger partial charge < -0.3 is 31.1 Å². The van der Waals surface area contributed by atoms with E-state index in [0.717, 1.165) is 0 Å². The first kappa shape index (κ1) is 40.2. The van der Waals surface area contributed by atoms with Crippen molar-refractivity contribution in [2.45, 2.75) is 92.8 Å². The highest BCUT2D eigenvalue weighted by Gasteiger charge is 2.32. The van der Waals surface area contributed by atoms with Crippen molar-refractivity contribution in [3.05, 3.63) is 36.5 Å². The fourth-order valence-electron chi connectivity index (χ4n) is 3.40. The Morgan fingerprint density at radius 2 is 1.33 bits per heavy atom. The lowest BCUT2D eigenvalue weighted by Crippen LogP contribution is -2.57. The van der Waals surface area contributed by atoms with Crippen molar-refractivity contribution >= 4 is 35.6 Å². The molecule has 42 heavy (non-hydrogen) atoms. The number of ether oxygens (including phenoxy) is 1. The number of hydrogen-bond donors (Lipinski definition) is 5. The molecule has 0 spiro atoms. The highest BCUT2D eigenvalue weighted by atomic mass is 16.5. The average molecular weight is 595 g/mol. The molecule has 3 atom stereocenters. The van der Waals surface area contributed by atoms with E-state index in [1.807, 2.05) is 48.5 Å². The summed E-state index contributed by atoms with van der Waals surface area (Å²) in [5, 5.41) is 19.1. The Morgan fingerprint density at radius 1 is 0.833 bits per heavy atom. The van der Waals surface area contributed by atoms with Gasteiger partial charge in [0.05, 0.1) is 13.0 Å². The Bertz CT molecular complexity index is 972. The van der Waals surface area contributed by atoms with Crippen LogP contribution in [0.4, 0.5) is 4.79 Å². The van der Waals surface area contributed by atoms with Gasteiger partial charge in [0.15, 0.2) is 0 Å². The Kier molecular flexibility index (Phi) is 21.7. The minimum absolute atomic E-state index is 0.0269. The van der Waals surface area contributed by atoms with Crippen molar-refractivity contribution in [3.8, 4) is 0 Å². The van der Waals surface area contributed by atoms with E-state index < -0.39 is 54.3 Å². The molecule has 0 aromatic heterocycles. The highest BCUT2D eigenvalue weighted by molar-refractivity contribution is 5.96. The van der Waals surface area contributed by atoms with Gasteiger partial charge in [-0.3, -0.25) is 24.0 Å². The van der Waals surface area contributed by atoms with E-state index >= 15 is 0 Å². The van der Waals surface area contributed by atoms with Crippen LogP contribution in [-0.2, 0) is 28.7 Å². The summed E-state index contributed by atoms with van der Waals surface area (Å²) < 4.78 is 5.18. The molecule has 238 valence electrons. The highest BCUT2D eigenvalue weighted by Crippen LogP contribution is 2.09. The monoisotopic (exact) mass is 594 g/mol. The molecule has 0 radical (unpaired) electrons. The normalized spacial score (nSPS) is 13.2. The molecule has 0 rings (SSSR count). The van der Waals surface area contributed by atoms with E-state index in [0.29, 0.717) is 5.57 Å². The van der Waals surface area contributed by atoms with Crippen LogP contribution in [0.2, 0.25) is 0 Å². The van der Waals surface area contributed by atoms with Crippen LogP contribution in [0, 0.1) is 11.8 Å². The van der Waals surface area contributed by atoms with E-state index in [2.05, 4.69) is 27.8 Å². The third-order valence-corrected chi connectivity index (χ3v) is 5.31. The summed E-state index contributed by atoms with van der Waals surface area (Å²) in [5.41, 5.74) is 0.625. The maximum atomic E-state index is 13.1. The van der Waals surface area contributed by atoms with E-state index in [-0.39, 0.29) is 43.6 Å². The molecular formula is C30H50N4O8. The molecule has 0 unspecified atom stereocenters. The number of carbonyl (C=O) groups excluding carboxylic acids is 5. The largest absolute Gasteiger partial charge is 0.481 e. The number of hydrogen-bond acceptors (Lipinski definition) is 7. The maximum Gasteiger partial charge on any atom is 0.408 e. The number of allylic oxidation sites excluding steroid dienone is 3. The Labute approximate surface area is 249 Å². The lowest BCUT2D eigenvalue weighted by atomic mass is 10.0. The zero-order valence-corrected chi connectivity index (χ0v) is 26.2. The fraction of sp³-hybridized carbons (Fsp3) is 0.600. The third kappa shape index (κ3) is 19.2. The number of amides is 4. The molecule has 0 aromatic rings. The van der Waals surface area contributed by atoms with Crippen molar-refractivity contribution in [3.63, 3.8) is 0 Å². The van der Waals surface area contributed by atoms with Crippen LogP contribution in [0.25, 0.3) is 0 Å². The molecule has 0 aliphatic carbocycles. The Hall–Kier alpha value is -3.96. The van der Waals surface area contributed by atoms with Gasteiger partial charge in [0.1, 0.15) is 30.5 Å². The standard InChI is InChI=1S/C28H44N4O8.C2H6/c1-8-10-11-20(9-2)16-40-28(39)32-22(13-18(5)6)26(37)31-23(14-24(34)35)27(38)30-21(12-17(3)4)25(36)29-15-19(7)33;1-2/h8-11,17-18,21-23H,2,12-16H2,1,3-7H3,(H,29,36)(H,30,38)(H,31,37)(H,32,39)(H,34,35);1-2H3/b10-8-,20-11+;/t21-,22-,23-;/m0./s1. The van der Waals surface area contributed by atoms with Gasteiger partial charge in [0, 0.05) is 0 Å². The van der Waals surface area contributed by atoms with Crippen LogP contribution in [0.3, 0.4) is 0 Å². The van der Waals surface area contributed by atoms with Gasteiger partial charge in [0.2, 0.25) is 17.7 Å². The SMILES string of the molecule is C=C/C(=C\C=C/C)COC(=O)N[C@@H](CC(C)C)C(=O)N[C@@H](CC(=O)O)C(=O)N[C@@H](CC(C)C)C(=O)NCC(C)=O.CC. The van der Waals surface area contributed by atoms with Gasteiger partial charge in [-0.25, -0.2) is 4.79 Å². The minimum atomic E-state index is -1.54. The zero-order valence-electron chi connectivity index (χ0n) is 26.2. The summed E-state index contributed by atoms with van der Waals surface area (Å²) in [7, 11) is 0. The summed E-state index contributed by atoms with van der Waals surface area (Å²) in [6, 6.07) is -3.73. The molecule has 5 N–H and O–H groups in total. The molecular weight excluding hydrogens is 544 g/mol. The van der Waals surface area contributed by atoms with Crippen LogP contribution in [0.5, 0.6) is 0 Å². The number of Topliss-reactive ketones (excluding diaryl/α,β-unsaturated/α-hetero) is 1. The van der Waals surface area contributed by atoms with Crippen LogP contribution in [-0.4, -0.2) is 72.0 Å². The number of ketones is 1. The van der Waals surface area contributed by atoms with Crippen molar-refractivity contribution in [1.82, 2.24) is 21.3 Å². The van der Waals surface area contributed by atoms with E-state index in [1.165, 1.54) is 13.0 Å². The van der Waals surface area contributed by atoms with Gasteiger partial charge in [-0.05, 0) is 44.1 Å². The first-order chi connectivity index (χ1) is 19.7. The second-order valence-electron chi connectivity index (χ2n) is 10.1. The lowest BCUT2D eigenvalue weighted by Gasteiger charge is -2.25. The smallest absolute Gasteiger partial charge is 0.408 e. The third-order valence-electron chi connectivity index (χ3n) is 5.31. The Morgan fingerprint density at radius 3 is 1.79 bits per heavy atom. The van der Waals surface area contributed by atoms with Crippen molar-refractivity contribution in [2.75, 3.05) is 13.2 Å². The Balaban J connectivity index is 0. The number of nitrogens with one attached hydrogen (secondary N) is 4. The van der Waals surface area contributed by atoms with Crippen molar-refractivity contribution in [2.24, 2.45) is 11.8 Å². The molecule has 0 aliphatic rings. The first-order valence-electron chi connectivity index (χ1n) is 14.2. The minimum Gasteiger partial charge on any atom is -0.481 e. The topological polar surface area (TPSA) is 180 Å². The zero-order chi connectivity index (χ0) is 32.8. The van der Waals surface area contributed by atoms with E-state index in [1.54, 1.807) is 18.2 Å². The average Bonchev–Trinajstić information content (AvgIpc) is 2.90. The fourth-order valence-corrected chi connectivity index (χ4v) is 3.40. The predicted molar refractivity (Wildman–Crippen MR) is 161 cm³/mol. The maximum absolute atomic E-state index is 13.1. The number of rotatable bonds is 18. The predicted octanol–water partition coefficient (Wildman–Crippen LogP) is 3.04. The number of carboxylic acids is 1. The van der Waals surface area contributed by atoms with E-state index in [4.69, 9.17) is 4.74 Å². The second-order valence-corrected chi connectivity index (χ2v) is 10.1. The quantitative estimate of drug-likeness (QED) is 0.150. The van der Waals surface area contributed by atoms with Crippen LogP contribution >= 0.6 is 0 Å². The molecule has 0 aliphatic heterocycles. The molecule has 12 nitrogen and oxygen atoms in total. The van der Waals surface area contributed by atoms with Crippen molar-refractivity contribution in [1.29, 1.82) is 0 Å². The second kappa shape index (κ2) is 22.7. The van der Waals surface area contributed by atoms with Crippen LogP contribution in [0.15, 0.2) is 36.5 Å². The van der Waals surface area contributed by atoms with Gasteiger partial charge >= 0.3 is 12.1 Å². The lowest BCUT2D eigenvalue weighted by molar-refractivity contribution is -0.141. The van der Waals surface area contributed by atoms with Gasteiger partial charge in [-0.2, -0.15) is 0 Å². The van der Waals surface area contributed by atoms with Crippen LogP contribution < -0.4 is 21.3 Å². The molecule has 0 bridgehead atoms. The summed E-state index contributed by atoms with van der Waals surface area (Å²) in [5.74, 6) is -4.02. The molecule has 12 heteroatoms. The summed E-state index contributed by atoms with van der Waals surface area (Å²) in [6.07, 6.45) is 5.51. The number of alkyl carbamates (subject to hydrolysis) is 1. The summed E-state index contributed by atoms with van der Waals surface area (Å²) in [6.45, 7) is 17.7. The molecule has 4 amide bonds. The van der Waals surface area contributed by atoms with Gasteiger partial charge in [0.25, 0.3) is 0 Å². The first-order valence-corrected chi connectivity index (χ1v) is 14.2. The molecule has 0 heterocycles. The molecule has 0 fully saturated rings. The number of carboxylic acid groups (broad SMARTS) is 1. The van der Waals surface area contributed by atoms with Crippen LogP contribution in [0.1, 0.15) is 74.7 Å². The van der Waals surface area contributed by atoms with Crippen molar-refractivity contribution < 1.29 is 38.6 Å². The molecule has 0 saturated heterocycles.